The molecule has 2 aliphatic rings. The molecule has 29 heavy (non-hydrogen) atoms. The van der Waals surface area contributed by atoms with Crippen LogP contribution in [0, 0.1) is 0 Å². The molecular weight excluding hydrogens is 364 g/mol. The predicted octanol–water partition coefficient (Wildman–Crippen LogP) is 4.37. The summed E-state index contributed by atoms with van der Waals surface area (Å²) in [4.78, 5) is 17.3. The Morgan fingerprint density at radius 1 is 0.828 bits per heavy atom. The van der Waals surface area contributed by atoms with Crippen molar-refractivity contribution < 1.29 is 14.3 Å². The Balaban J connectivity index is 1.35. The Kier molecular flexibility index (Phi) is 6.23. The molecule has 4 rings (SSSR count). The summed E-state index contributed by atoms with van der Waals surface area (Å²) in [5, 5.41) is 0. The molecule has 0 atom stereocenters. The van der Waals surface area contributed by atoms with Gasteiger partial charge in [0.1, 0.15) is 11.5 Å². The minimum Gasteiger partial charge on any atom is -0.497 e. The first-order valence-electron chi connectivity index (χ1n) is 10.7. The van der Waals surface area contributed by atoms with Crippen LogP contribution in [0.15, 0.2) is 48.5 Å². The molecule has 0 radical (unpaired) electrons. The predicted molar refractivity (Wildman–Crippen MR) is 115 cm³/mol. The third kappa shape index (κ3) is 4.84. The molecule has 2 fully saturated rings. The summed E-state index contributed by atoms with van der Waals surface area (Å²) in [6.07, 6.45) is 6.08. The summed E-state index contributed by atoms with van der Waals surface area (Å²) in [7, 11) is 1.68. The van der Waals surface area contributed by atoms with E-state index < -0.39 is 0 Å². The van der Waals surface area contributed by atoms with E-state index in [-0.39, 0.29) is 5.91 Å². The van der Waals surface area contributed by atoms with Crippen LogP contribution in [0.3, 0.4) is 0 Å². The second-order valence-electron chi connectivity index (χ2n) is 7.88. The van der Waals surface area contributed by atoms with Gasteiger partial charge in [-0.25, -0.2) is 0 Å². The van der Waals surface area contributed by atoms with Crippen LogP contribution in [0.1, 0.15) is 42.5 Å². The molecule has 0 aromatic heterocycles. The lowest BCUT2D eigenvalue weighted by atomic mass is 10.2. The number of amides is 1. The number of anilines is 1. The SMILES string of the molecule is COc1ccc(N2CCCN(C(=O)c3ccc(OC4CCCC4)cc3)CC2)cc1. The number of rotatable bonds is 5. The van der Waals surface area contributed by atoms with Gasteiger partial charge in [0.25, 0.3) is 5.91 Å². The highest BCUT2D eigenvalue weighted by Crippen LogP contribution is 2.25. The first-order valence-corrected chi connectivity index (χ1v) is 10.7. The molecule has 5 heteroatoms. The number of benzene rings is 2. The van der Waals surface area contributed by atoms with Gasteiger partial charge in [-0.1, -0.05) is 0 Å². The smallest absolute Gasteiger partial charge is 0.253 e. The fourth-order valence-corrected chi connectivity index (χ4v) is 4.23. The van der Waals surface area contributed by atoms with Crippen LogP contribution in [0.4, 0.5) is 5.69 Å². The number of hydrogen-bond donors (Lipinski definition) is 0. The highest BCUT2D eigenvalue weighted by molar-refractivity contribution is 5.94. The van der Waals surface area contributed by atoms with E-state index in [1.165, 1.54) is 18.5 Å². The van der Waals surface area contributed by atoms with Crippen LogP contribution in [0.25, 0.3) is 0 Å². The second kappa shape index (κ2) is 9.21. The van der Waals surface area contributed by atoms with Crippen LogP contribution in [-0.2, 0) is 0 Å². The maximum Gasteiger partial charge on any atom is 0.253 e. The highest BCUT2D eigenvalue weighted by Gasteiger charge is 2.21. The zero-order chi connectivity index (χ0) is 20.1. The van der Waals surface area contributed by atoms with E-state index in [1.54, 1.807) is 7.11 Å². The summed E-state index contributed by atoms with van der Waals surface area (Å²) in [6.45, 7) is 3.29. The van der Waals surface area contributed by atoms with Crippen LogP contribution < -0.4 is 14.4 Å². The van der Waals surface area contributed by atoms with E-state index in [0.717, 1.165) is 62.5 Å². The molecule has 1 aliphatic heterocycles. The number of carbonyl (C=O) groups excluding carboxylic acids is 1. The number of hydrogen-bond acceptors (Lipinski definition) is 4. The van der Waals surface area contributed by atoms with Gasteiger partial charge in [-0.2, -0.15) is 0 Å². The molecule has 1 aliphatic carbocycles. The van der Waals surface area contributed by atoms with Crippen LogP contribution in [0.5, 0.6) is 11.5 Å². The molecule has 2 aromatic carbocycles. The minimum atomic E-state index is 0.106. The lowest BCUT2D eigenvalue weighted by molar-refractivity contribution is 0.0767. The van der Waals surface area contributed by atoms with Gasteiger partial charge in [0.05, 0.1) is 13.2 Å². The normalized spacial score (nSPS) is 17.8. The quantitative estimate of drug-likeness (QED) is 0.755. The van der Waals surface area contributed by atoms with Crippen molar-refractivity contribution in [2.24, 2.45) is 0 Å². The van der Waals surface area contributed by atoms with Gasteiger partial charge >= 0.3 is 0 Å². The molecule has 1 saturated heterocycles. The summed E-state index contributed by atoms with van der Waals surface area (Å²) in [5.74, 6) is 1.84. The fourth-order valence-electron chi connectivity index (χ4n) is 4.23. The Hall–Kier alpha value is -2.69. The molecule has 2 aromatic rings. The Labute approximate surface area is 173 Å². The van der Waals surface area contributed by atoms with Crippen molar-refractivity contribution in [3.8, 4) is 11.5 Å². The van der Waals surface area contributed by atoms with Crippen molar-refractivity contribution in [2.45, 2.75) is 38.2 Å². The zero-order valence-electron chi connectivity index (χ0n) is 17.2. The molecule has 1 amide bonds. The van der Waals surface area contributed by atoms with E-state index in [2.05, 4.69) is 17.0 Å². The van der Waals surface area contributed by atoms with E-state index in [9.17, 15) is 4.79 Å². The largest absolute Gasteiger partial charge is 0.497 e. The van der Waals surface area contributed by atoms with Gasteiger partial charge in [0.2, 0.25) is 0 Å². The molecule has 154 valence electrons. The number of nitrogens with zero attached hydrogens (tertiary/aromatic N) is 2. The minimum absolute atomic E-state index is 0.106. The van der Waals surface area contributed by atoms with Crippen molar-refractivity contribution in [2.75, 3.05) is 38.2 Å². The standard InChI is InChI=1S/C24H30N2O3/c1-28-21-13-9-20(10-14-21)25-15-4-16-26(18-17-25)24(27)19-7-11-23(12-8-19)29-22-5-2-3-6-22/h7-14,22H,2-6,15-18H2,1H3. The molecular formula is C24H30N2O3. The Bertz CT molecular complexity index is 798. The van der Waals surface area contributed by atoms with Gasteiger partial charge in [-0.15, -0.1) is 0 Å². The Morgan fingerprint density at radius 2 is 1.52 bits per heavy atom. The maximum absolute atomic E-state index is 13.0. The van der Waals surface area contributed by atoms with Crippen LogP contribution >= 0.6 is 0 Å². The van der Waals surface area contributed by atoms with Gasteiger partial charge in [0, 0.05) is 37.4 Å². The van der Waals surface area contributed by atoms with Crippen LogP contribution in [-0.4, -0.2) is 50.2 Å². The average Bonchev–Trinajstić information content (AvgIpc) is 3.15. The van der Waals surface area contributed by atoms with Crippen LogP contribution in [0.2, 0.25) is 0 Å². The number of carbonyl (C=O) groups is 1. The van der Waals surface area contributed by atoms with Gasteiger partial charge in [0.15, 0.2) is 0 Å². The molecule has 1 heterocycles. The molecule has 0 unspecified atom stereocenters. The second-order valence-corrected chi connectivity index (χ2v) is 7.88. The van der Waals surface area contributed by atoms with Crippen molar-refractivity contribution >= 4 is 11.6 Å². The van der Waals surface area contributed by atoms with E-state index in [4.69, 9.17) is 9.47 Å². The first kappa shape index (κ1) is 19.6. The van der Waals surface area contributed by atoms with Gasteiger partial charge < -0.3 is 19.3 Å². The summed E-state index contributed by atoms with van der Waals surface area (Å²) >= 11 is 0. The number of ether oxygens (including phenoxy) is 2. The third-order valence-electron chi connectivity index (χ3n) is 5.93. The third-order valence-corrected chi connectivity index (χ3v) is 5.93. The van der Waals surface area contributed by atoms with Gasteiger partial charge in [-0.05, 0) is 80.6 Å². The summed E-state index contributed by atoms with van der Waals surface area (Å²) in [6, 6.07) is 15.8. The van der Waals surface area contributed by atoms with Crippen molar-refractivity contribution in [3.05, 3.63) is 54.1 Å². The van der Waals surface area contributed by atoms with Crippen molar-refractivity contribution in [1.29, 1.82) is 0 Å². The Morgan fingerprint density at radius 3 is 2.21 bits per heavy atom. The van der Waals surface area contributed by atoms with E-state index >= 15 is 0 Å². The lowest BCUT2D eigenvalue weighted by Gasteiger charge is -2.24. The average molecular weight is 395 g/mol. The molecule has 0 bridgehead atoms. The topological polar surface area (TPSA) is 42.0 Å². The highest BCUT2D eigenvalue weighted by atomic mass is 16.5. The maximum atomic E-state index is 13.0. The molecule has 5 nitrogen and oxygen atoms in total. The number of methoxy groups -OCH3 is 1. The molecule has 1 saturated carbocycles. The van der Waals surface area contributed by atoms with Crippen molar-refractivity contribution in [1.82, 2.24) is 4.90 Å². The lowest BCUT2D eigenvalue weighted by Crippen LogP contribution is -2.35. The molecule has 0 spiro atoms. The summed E-state index contributed by atoms with van der Waals surface area (Å²) in [5.41, 5.74) is 1.91. The van der Waals surface area contributed by atoms with E-state index in [1.807, 2.05) is 41.3 Å². The van der Waals surface area contributed by atoms with Crippen molar-refractivity contribution in [3.63, 3.8) is 0 Å². The first-order chi connectivity index (χ1) is 14.2. The van der Waals surface area contributed by atoms with Gasteiger partial charge in [-0.3, -0.25) is 4.79 Å². The van der Waals surface area contributed by atoms with E-state index in [0.29, 0.717) is 6.10 Å². The monoisotopic (exact) mass is 394 g/mol. The fraction of sp³-hybridized carbons (Fsp3) is 0.458. The zero-order valence-corrected chi connectivity index (χ0v) is 17.2. The molecule has 0 N–H and O–H groups in total. The summed E-state index contributed by atoms with van der Waals surface area (Å²) < 4.78 is 11.3.